The lowest BCUT2D eigenvalue weighted by Gasteiger charge is -2.11. The van der Waals surface area contributed by atoms with Gasteiger partial charge < -0.3 is 14.8 Å². The smallest absolute Gasteiger partial charge is 0.269 e. The fourth-order valence-corrected chi connectivity index (χ4v) is 1.73. The summed E-state index contributed by atoms with van der Waals surface area (Å²) in [6.45, 7) is -0.124. The highest BCUT2D eigenvalue weighted by Crippen LogP contribution is 2.21. The second-order valence-corrected chi connectivity index (χ2v) is 4.04. The molecule has 0 bridgehead atoms. The zero-order valence-corrected chi connectivity index (χ0v) is 10.0. The Kier molecular flexibility index (Phi) is 3.88. The highest BCUT2D eigenvalue weighted by molar-refractivity contribution is 5.57. The predicted octanol–water partition coefficient (Wildman–Crippen LogP) is 0.811. The molecule has 0 spiro atoms. The van der Waals surface area contributed by atoms with Crippen molar-refractivity contribution in [2.24, 2.45) is 0 Å². The van der Waals surface area contributed by atoms with Crippen molar-refractivity contribution >= 4 is 5.69 Å². The Morgan fingerprint density at radius 3 is 2.63 bits per heavy atom. The number of rotatable bonds is 5. The quantitative estimate of drug-likeness (QED) is 0.614. The molecule has 0 aliphatic heterocycles. The molecule has 1 unspecified atom stereocenters. The number of hydrogen-bond acceptors (Lipinski definition) is 5. The average Bonchev–Trinajstić information content (AvgIpc) is 2.86. The van der Waals surface area contributed by atoms with E-state index in [9.17, 15) is 15.2 Å². The number of aliphatic hydroxyl groups is 2. The van der Waals surface area contributed by atoms with Crippen LogP contribution in [0.2, 0.25) is 0 Å². The van der Waals surface area contributed by atoms with Crippen molar-refractivity contribution < 1.29 is 15.1 Å². The summed E-state index contributed by atoms with van der Waals surface area (Å²) in [4.78, 5) is 14.3. The zero-order chi connectivity index (χ0) is 13.8. The van der Waals surface area contributed by atoms with Crippen molar-refractivity contribution in [3.63, 3.8) is 0 Å². The number of non-ortho nitro benzene ring substituents is 1. The van der Waals surface area contributed by atoms with Crippen LogP contribution in [-0.2, 0) is 6.54 Å². The normalized spacial score (nSPS) is 12.3. The molecule has 1 aromatic carbocycles. The number of aromatic nitrogens is 2. The lowest BCUT2D eigenvalue weighted by Crippen LogP contribution is -2.19. The van der Waals surface area contributed by atoms with E-state index in [1.165, 1.54) is 12.1 Å². The van der Waals surface area contributed by atoms with Crippen LogP contribution in [0.15, 0.2) is 36.7 Å². The molecule has 0 amide bonds. The molecule has 7 nitrogen and oxygen atoms in total. The topological polar surface area (TPSA) is 101 Å². The van der Waals surface area contributed by atoms with E-state index in [1.807, 2.05) is 0 Å². The summed E-state index contributed by atoms with van der Waals surface area (Å²) in [5.41, 5.74) is 0.720. The number of imidazole rings is 1. The zero-order valence-electron chi connectivity index (χ0n) is 10.0. The van der Waals surface area contributed by atoms with Crippen molar-refractivity contribution in [1.82, 2.24) is 9.55 Å². The summed E-state index contributed by atoms with van der Waals surface area (Å²) >= 11 is 0. The SMILES string of the molecule is O=[N+]([O-])c1ccc(-c2nccn2CC(O)CO)cc1. The highest BCUT2D eigenvalue weighted by Gasteiger charge is 2.11. The summed E-state index contributed by atoms with van der Waals surface area (Å²) in [5.74, 6) is 0.586. The largest absolute Gasteiger partial charge is 0.394 e. The molecule has 0 radical (unpaired) electrons. The number of nitro groups is 1. The number of hydrogen-bond donors (Lipinski definition) is 2. The fraction of sp³-hybridized carbons (Fsp3) is 0.250. The Morgan fingerprint density at radius 2 is 2.05 bits per heavy atom. The second-order valence-electron chi connectivity index (χ2n) is 4.04. The summed E-state index contributed by atoms with van der Waals surface area (Å²) in [6.07, 6.45) is 2.38. The molecule has 0 aliphatic carbocycles. The maximum Gasteiger partial charge on any atom is 0.269 e. The molecule has 1 heterocycles. The van der Waals surface area contributed by atoms with Gasteiger partial charge in [0.1, 0.15) is 5.82 Å². The van der Waals surface area contributed by atoms with Gasteiger partial charge in [-0.25, -0.2) is 4.98 Å². The second kappa shape index (κ2) is 5.59. The van der Waals surface area contributed by atoms with E-state index in [4.69, 9.17) is 5.11 Å². The van der Waals surface area contributed by atoms with Crippen LogP contribution in [-0.4, -0.2) is 37.4 Å². The molecule has 100 valence electrons. The number of nitro benzene ring substituents is 1. The van der Waals surface area contributed by atoms with Gasteiger partial charge in [-0.15, -0.1) is 0 Å². The summed E-state index contributed by atoms with van der Waals surface area (Å²) in [7, 11) is 0. The third-order valence-electron chi connectivity index (χ3n) is 2.67. The lowest BCUT2D eigenvalue weighted by atomic mass is 10.2. The van der Waals surface area contributed by atoms with Crippen molar-refractivity contribution in [3.05, 3.63) is 46.8 Å². The van der Waals surface area contributed by atoms with Gasteiger partial charge in [-0.2, -0.15) is 0 Å². The monoisotopic (exact) mass is 263 g/mol. The summed E-state index contributed by atoms with van der Waals surface area (Å²) < 4.78 is 1.68. The first-order chi connectivity index (χ1) is 9.11. The van der Waals surface area contributed by atoms with E-state index < -0.39 is 11.0 Å². The van der Waals surface area contributed by atoms with E-state index in [0.717, 1.165) is 0 Å². The van der Waals surface area contributed by atoms with Gasteiger partial charge >= 0.3 is 0 Å². The Bertz CT molecular complexity index is 565. The molecular weight excluding hydrogens is 250 g/mol. The van der Waals surface area contributed by atoms with Crippen molar-refractivity contribution in [2.45, 2.75) is 12.6 Å². The third kappa shape index (κ3) is 2.95. The molecule has 2 rings (SSSR count). The number of aliphatic hydroxyl groups excluding tert-OH is 2. The molecule has 1 atom stereocenters. The standard InChI is InChI=1S/C12H13N3O4/c16-8-11(17)7-14-6-5-13-12(14)9-1-3-10(4-2-9)15(18)19/h1-6,11,16-17H,7-8H2. The number of benzene rings is 1. The molecule has 0 saturated heterocycles. The van der Waals surface area contributed by atoms with Crippen LogP contribution < -0.4 is 0 Å². The van der Waals surface area contributed by atoms with Gasteiger partial charge in [0.25, 0.3) is 5.69 Å². The Labute approximate surface area is 108 Å². The summed E-state index contributed by atoms with van der Waals surface area (Å²) in [5, 5.41) is 28.8. The first-order valence-corrected chi connectivity index (χ1v) is 5.66. The maximum atomic E-state index is 10.6. The minimum Gasteiger partial charge on any atom is -0.394 e. The molecule has 0 aliphatic rings. The van der Waals surface area contributed by atoms with Gasteiger partial charge in [0.05, 0.1) is 24.2 Å². The Morgan fingerprint density at radius 1 is 1.37 bits per heavy atom. The molecule has 2 N–H and O–H groups in total. The lowest BCUT2D eigenvalue weighted by molar-refractivity contribution is -0.384. The Hall–Kier alpha value is -2.25. The van der Waals surface area contributed by atoms with Crippen LogP contribution in [0.5, 0.6) is 0 Å². The first kappa shape index (κ1) is 13.2. The van der Waals surface area contributed by atoms with Gasteiger partial charge in [0.15, 0.2) is 0 Å². The fourth-order valence-electron chi connectivity index (χ4n) is 1.73. The maximum absolute atomic E-state index is 10.6. The first-order valence-electron chi connectivity index (χ1n) is 5.66. The minimum absolute atomic E-state index is 0.0113. The van der Waals surface area contributed by atoms with Crippen LogP contribution in [0.3, 0.4) is 0 Å². The van der Waals surface area contributed by atoms with E-state index >= 15 is 0 Å². The van der Waals surface area contributed by atoms with Crippen LogP contribution in [0, 0.1) is 10.1 Å². The molecule has 1 aromatic heterocycles. The van der Waals surface area contributed by atoms with E-state index in [1.54, 1.807) is 29.1 Å². The van der Waals surface area contributed by atoms with Gasteiger partial charge in [-0.1, -0.05) is 0 Å². The summed E-state index contributed by atoms with van der Waals surface area (Å²) in [6, 6.07) is 6.00. The minimum atomic E-state index is -0.869. The van der Waals surface area contributed by atoms with E-state index in [0.29, 0.717) is 11.4 Å². The number of nitrogens with zero attached hydrogens (tertiary/aromatic N) is 3. The highest BCUT2D eigenvalue weighted by atomic mass is 16.6. The van der Waals surface area contributed by atoms with Gasteiger partial charge in [0.2, 0.25) is 0 Å². The molecule has 2 aromatic rings. The molecule has 19 heavy (non-hydrogen) atoms. The van der Waals surface area contributed by atoms with Gasteiger partial charge in [-0.05, 0) is 12.1 Å². The molecule has 7 heteroatoms. The molecular formula is C12H13N3O4. The van der Waals surface area contributed by atoms with Crippen molar-refractivity contribution in [2.75, 3.05) is 6.61 Å². The van der Waals surface area contributed by atoms with Gasteiger partial charge in [-0.3, -0.25) is 10.1 Å². The van der Waals surface area contributed by atoms with Crippen molar-refractivity contribution in [3.8, 4) is 11.4 Å². The Balaban J connectivity index is 2.27. The predicted molar refractivity (Wildman–Crippen MR) is 67.4 cm³/mol. The average molecular weight is 263 g/mol. The third-order valence-corrected chi connectivity index (χ3v) is 2.67. The van der Waals surface area contributed by atoms with Crippen LogP contribution in [0.4, 0.5) is 5.69 Å². The van der Waals surface area contributed by atoms with Crippen LogP contribution >= 0.6 is 0 Å². The van der Waals surface area contributed by atoms with Crippen LogP contribution in [0.1, 0.15) is 0 Å². The molecule has 0 fully saturated rings. The van der Waals surface area contributed by atoms with Crippen LogP contribution in [0.25, 0.3) is 11.4 Å². The molecule has 0 saturated carbocycles. The van der Waals surface area contributed by atoms with Gasteiger partial charge in [0, 0.05) is 30.1 Å². The van der Waals surface area contributed by atoms with E-state index in [2.05, 4.69) is 4.98 Å². The van der Waals surface area contributed by atoms with Crippen molar-refractivity contribution in [1.29, 1.82) is 0 Å². The van der Waals surface area contributed by atoms with E-state index in [-0.39, 0.29) is 18.8 Å².